The van der Waals surface area contributed by atoms with Gasteiger partial charge in [0.1, 0.15) is 0 Å². The summed E-state index contributed by atoms with van der Waals surface area (Å²) in [6.45, 7) is 2.28. The van der Waals surface area contributed by atoms with E-state index in [-0.39, 0.29) is 5.91 Å². The van der Waals surface area contributed by atoms with Crippen molar-refractivity contribution in [2.45, 2.75) is 12.8 Å². The van der Waals surface area contributed by atoms with Crippen molar-refractivity contribution in [1.29, 1.82) is 0 Å². The minimum absolute atomic E-state index is 0.166. The van der Waals surface area contributed by atoms with Gasteiger partial charge in [-0.2, -0.15) is 5.10 Å². The molecular formula is C14H18N4O2. The monoisotopic (exact) mass is 274 g/mol. The molecule has 4 N–H and O–H groups in total. The van der Waals surface area contributed by atoms with Crippen molar-refractivity contribution >= 4 is 22.5 Å². The van der Waals surface area contributed by atoms with Crippen molar-refractivity contribution in [3.8, 4) is 0 Å². The van der Waals surface area contributed by atoms with Crippen molar-refractivity contribution in [1.82, 2.24) is 15.5 Å². The topological polar surface area (TPSA) is 93.0 Å². The van der Waals surface area contributed by atoms with Crippen LogP contribution < -0.4 is 11.1 Å². The fourth-order valence-corrected chi connectivity index (χ4v) is 2.49. The Morgan fingerprint density at radius 2 is 2.45 bits per heavy atom. The Morgan fingerprint density at radius 1 is 1.55 bits per heavy atom. The zero-order chi connectivity index (χ0) is 13.9. The van der Waals surface area contributed by atoms with E-state index < -0.39 is 0 Å². The van der Waals surface area contributed by atoms with Crippen molar-refractivity contribution < 1.29 is 9.53 Å². The SMILES string of the molecule is Nc1ccc2[nH]nc(C(=O)NCCC3CCOC3)c2c1. The van der Waals surface area contributed by atoms with E-state index in [9.17, 15) is 4.79 Å². The Hall–Kier alpha value is -2.08. The lowest BCUT2D eigenvalue weighted by Gasteiger charge is -2.07. The number of hydrogen-bond donors (Lipinski definition) is 3. The third-order valence-corrected chi connectivity index (χ3v) is 3.66. The van der Waals surface area contributed by atoms with Gasteiger partial charge in [0.25, 0.3) is 5.91 Å². The number of rotatable bonds is 4. The van der Waals surface area contributed by atoms with Crippen molar-refractivity contribution in [3.05, 3.63) is 23.9 Å². The Kier molecular flexibility index (Phi) is 3.56. The Labute approximate surface area is 116 Å². The highest BCUT2D eigenvalue weighted by molar-refractivity contribution is 6.05. The number of fused-ring (bicyclic) bond motifs is 1. The lowest BCUT2D eigenvalue weighted by Crippen LogP contribution is -2.26. The second-order valence-corrected chi connectivity index (χ2v) is 5.15. The molecule has 1 amide bonds. The zero-order valence-corrected chi connectivity index (χ0v) is 11.2. The summed E-state index contributed by atoms with van der Waals surface area (Å²) >= 11 is 0. The highest BCUT2D eigenvalue weighted by atomic mass is 16.5. The molecule has 6 nitrogen and oxygen atoms in total. The molecule has 0 bridgehead atoms. The number of carbonyl (C=O) groups is 1. The summed E-state index contributed by atoms with van der Waals surface area (Å²) < 4.78 is 5.31. The normalized spacial score (nSPS) is 18.5. The number of carbonyl (C=O) groups excluding carboxylic acids is 1. The number of nitrogen functional groups attached to an aromatic ring is 1. The molecule has 0 spiro atoms. The van der Waals surface area contributed by atoms with Gasteiger partial charge in [-0.05, 0) is 37.0 Å². The molecule has 1 aliphatic rings. The Bertz CT molecular complexity index is 617. The quantitative estimate of drug-likeness (QED) is 0.733. The minimum Gasteiger partial charge on any atom is -0.399 e. The van der Waals surface area contributed by atoms with Gasteiger partial charge in [0.2, 0.25) is 0 Å². The Morgan fingerprint density at radius 3 is 3.25 bits per heavy atom. The van der Waals surface area contributed by atoms with E-state index in [1.165, 1.54) is 0 Å². The summed E-state index contributed by atoms with van der Waals surface area (Å²) in [6.07, 6.45) is 2.02. The third-order valence-electron chi connectivity index (χ3n) is 3.66. The first-order valence-electron chi connectivity index (χ1n) is 6.83. The van der Waals surface area contributed by atoms with Gasteiger partial charge in [0, 0.05) is 30.8 Å². The summed E-state index contributed by atoms with van der Waals surface area (Å²) in [6, 6.07) is 5.37. The molecule has 1 aromatic heterocycles. The molecule has 0 aliphatic carbocycles. The number of H-pyrrole nitrogens is 1. The first kappa shape index (κ1) is 12.9. The number of amides is 1. The highest BCUT2D eigenvalue weighted by Crippen LogP contribution is 2.19. The summed E-state index contributed by atoms with van der Waals surface area (Å²) in [5, 5.41) is 10.6. The van der Waals surface area contributed by atoms with Gasteiger partial charge in [-0.15, -0.1) is 0 Å². The first-order valence-corrected chi connectivity index (χ1v) is 6.83. The minimum atomic E-state index is -0.166. The van der Waals surface area contributed by atoms with Gasteiger partial charge < -0.3 is 15.8 Å². The van der Waals surface area contributed by atoms with Crippen molar-refractivity contribution in [2.75, 3.05) is 25.5 Å². The first-order chi connectivity index (χ1) is 9.74. The molecule has 6 heteroatoms. The predicted octanol–water partition coefficient (Wildman–Crippen LogP) is 1.30. The number of nitrogens with two attached hydrogens (primary N) is 1. The van der Waals surface area contributed by atoms with Crippen LogP contribution in [-0.4, -0.2) is 35.9 Å². The molecule has 106 valence electrons. The highest BCUT2D eigenvalue weighted by Gasteiger charge is 2.17. The van der Waals surface area contributed by atoms with Crippen LogP contribution in [0.5, 0.6) is 0 Å². The van der Waals surface area contributed by atoms with Crippen LogP contribution in [0, 0.1) is 5.92 Å². The van der Waals surface area contributed by atoms with Crippen molar-refractivity contribution in [2.24, 2.45) is 5.92 Å². The number of hydrogen-bond acceptors (Lipinski definition) is 4. The molecule has 0 radical (unpaired) electrons. The average Bonchev–Trinajstić information content (AvgIpc) is 3.07. The summed E-state index contributed by atoms with van der Waals surface area (Å²) in [7, 11) is 0. The fourth-order valence-electron chi connectivity index (χ4n) is 2.49. The lowest BCUT2D eigenvalue weighted by molar-refractivity contribution is 0.0947. The third kappa shape index (κ3) is 2.60. The van der Waals surface area contributed by atoms with Crippen LogP contribution >= 0.6 is 0 Å². The number of anilines is 1. The maximum atomic E-state index is 12.1. The zero-order valence-electron chi connectivity index (χ0n) is 11.2. The summed E-state index contributed by atoms with van der Waals surface area (Å²) in [5.41, 5.74) is 7.58. The summed E-state index contributed by atoms with van der Waals surface area (Å²) in [5.74, 6) is 0.391. The smallest absolute Gasteiger partial charge is 0.272 e. The van der Waals surface area contributed by atoms with E-state index in [0.29, 0.717) is 23.8 Å². The van der Waals surface area contributed by atoms with E-state index in [0.717, 1.165) is 37.0 Å². The molecule has 2 heterocycles. The molecule has 0 saturated carbocycles. The maximum absolute atomic E-state index is 12.1. The van der Waals surface area contributed by atoms with E-state index in [4.69, 9.17) is 10.5 Å². The molecule has 1 saturated heterocycles. The molecule has 1 fully saturated rings. The summed E-state index contributed by atoms with van der Waals surface area (Å²) in [4.78, 5) is 12.1. The van der Waals surface area contributed by atoms with Crippen LogP contribution in [0.1, 0.15) is 23.3 Å². The van der Waals surface area contributed by atoms with Crippen molar-refractivity contribution in [3.63, 3.8) is 0 Å². The maximum Gasteiger partial charge on any atom is 0.272 e. The molecule has 20 heavy (non-hydrogen) atoms. The second-order valence-electron chi connectivity index (χ2n) is 5.15. The van der Waals surface area contributed by atoms with E-state index in [1.807, 2.05) is 6.07 Å². The van der Waals surface area contributed by atoms with E-state index in [2.05, 4.69) is 15.5 Å². The van der Waals surface area contributed by atoms with Gasteiger partial charge in [0.05, 0.1) is 5.52 Å². The molecule has 1 aromatic carbocycles. The van der Waals surface area contributed by atoms with E-state index in [1.54, 1.807) is 12.1 Å². The van der Waals surface area contributed by atoms with Crippen LogP contribution in [0.3, 0.4) is 0 Å². The molecule has 1 unspecified atom stereocenters. The second kappa shape index (κ2) is 5.50. The molecule has 3 rings (SSSR count). The van der Waals surface area contributed by atoms with Gasteiger partial charge >= 0.3 is 0 Å². The van der Waals surface area contributed by atoms with Gasteiger partial charge in [-0.1, -0.05) is 0 Å². The van der Waals surface area contributed by atoms with Gasteiger partial charge in [-0.25, -0.2) is 0 Å². The standard InChI is InChI=1S/C14H18N4O2/c15-10-1-2-12-11(7-10)13(18-17-12)14(19)16-5-3-9-4-6-20-8-9/h1-2,7,9H,3-6,8,15H2,(H,16,19)(H,17,18). The number of nitrogens with one attached hydrogen (secondary N) is 2. The molecule has 1 atom stereocenters. The molecule has 2 aromatic rings. The number of nitrogens with zero attached hydrogens (tertiary/aromatic N) is 1. The molecule has 1 aliphatic heterocycles. The lowest BCUT2D eigenvalue weighted by atomic mass is 10.1. The number of ether oxygens (including phenoxy) is 1. The van der Waals surface area contributed by atoms with Crippen LogP contribution in [0.15, 0.2) is 18.2 Å². The number of aromatic amines is 1. The number of benzene rings is 1. The van der Waals surface area contributed by atoms with Gasteiger partial charge in [0.15, 0.2) is 5.69 Å². The van der Waals surface area contributed by atoms with E-state index >= 15 is 0 Å². The van der Waals surface area contributed by atoms with Gasteiger partial charge in [-0.3, -0.25) is 9.89 Å². The molecular weight excluding hydrogens is 256 g/mol. The van der Waals surface area contributed by atoms with Crippen LogP contribution in [0.4, 0.5) is 5.69 Å². The van der Waals surface area contributed by atoms with Crippen LogP contribution in [0.2, 0.25) is 0 Å². The van der Waals surface area contributed by atoms with Crippen LogP contribution in [-0.2, 0) is 4.74 Å². The largest absolute Gasteiger partial charge is 0.399 e. The Balaban J connectivity index is 1.64. The average molecular weight is 274 g/mol. The number of aromatic nitrogens is 2. The predicted molar refractivity (Wildman–Crippen MR) is 76.4 cm³/mol. The van der Waals surface area contributed by atoms with Crippen LogP contribution in [0.25, 0.3) is 10.9 Å². The fraction of sp³-hybridized carbons (Fsp3) is 0.429.